The van der Waals surface area contributed by atoms with Crippen LogP contribution in [0.3, 0.4) is 0 Å². The fourth-order valence-electron chi connectivity index (χ4n) is 9.14. The van der Waals surface area contributed by atoms with E-state index in [2.05, 4.69) is 196 Å². The van der Waals surface area contributed by atoms with Crippen LogP contribution in [0.2, 0.25) is 0 Å². The molecule has 9 aromatic rings. The predicted octanol–water partition coefficient (Wildman–Crippen LogP) is 14.2. The predicted molar refractivity (Wildman–Crippen MR) is 220 cm³/mol. The Bertz CT molecular complexity index is 2810. The van der Waals surface area contributed by atoms with Gasteiger partial charge in [0, 0.05) is 16.8 Å². The Balaban J connectivity index is 1.26. The topological polar surface area (TPSA) is 3.24 Å². The largest absolute Gasteiger partial charge is 0.310 e. The molecule has 0 bridgehead atoms. The zero-order valence-electron chi connectivity index (χ0n) is 29.5. The van der Waals surface area contributed by atoms with Crippen molar-refractivity contribution in [2.75, 3.05) is 4.90 Å². The lowest BCUT2D eigenvalue weighted by atomic mass is 9.56. The Hall–Kier alpha value is -5.92. The van der Waals surface area contributed by atoms with E-state index in [0.717, 1.165) is 11.4 Å². The molecule has 0 aromatic heterocycles. The van der Waals surface area contributed by atoms with Crippen molar-refractivity contribution >= 4 is 70.9 Å². The van der Waals surface area contributed by atoms with Gasteiger partial charge < -0.3 is 4.90 Å². The SMILES string of the molecule is CC1(C)c2cccc3cc(-c4cccc(N(c5ccccc5)c5cccc6c7ccccc7c7ccccc7c56)c4)c4cccc(c4c23)C1(C)C. The Morgan fingerprint density at radius 2 is 0.882 bits per heavy atom. The van der Waals surface area contributed by atoms with Crippen molar-refractivity contribution in [2.45, 2.75) is 38.5 Å². The molecule has 0 N–H and O–H groups in total. The Morgan fingerprint density at radius 1 is 0.373 bits per heavy atom. The summed E-state index contributed by atoms with van der Waals surface area (Å²) in [7, 11) is 0. The molecule has 1 heteroatoms. The summed E-state index contributed by atoms with van der Waals surface area (Å²) in [6.07, 6.45) is 0. The molecule has 0 atom stereocenters. The lowest BCUT2D eigenvalue weighted by Crippen LogP contribution is -2.42. The average molecular weight is 654 g/mol. The first kappa shape index (κ1) is 29.9. The van der Waals surface area contributed by atoms with Gasteiger partial charge in [0.25, 0.3) is 0 Å². The first-order valence-corrected chi connectivity index (χ1v) is 18.1. The van der Waals surface area contributed by atoms with Gasteiger partial charge in [0.15, 0.2) is 0 Å². The molecule has 1 aliphatic carbocycles. The number of anilines is 3. The van der Waals surface area contributed by atoms with Crippen LogP contribution in [0.25, 0.3) is 65.0 Å². The van der Waals surface area contributed by atoms with Crippen molar-refractivity contribution in [3.8, 4) is 11.1 Å². The highest BCUT2D eigenvalue weighted by molar-refractivity contribution is 6.29. The summed E-state index contributed by atoms with van der Waals surface area (Å²) in [5.41, 5.74) is 8.79. The summed E-state index contributed by atoms with van der Waals surface area (Å²) >= 11 is 0. The third kappa shape index (κ3) is 4.15. The van der Waals surface area contributed by atoms with Crippen LogP contribution in [-0.4, -0.2) is 0 Å². The maximum absolute atomic E-state index is 2.45. The van der Waals surface area contributed by atoms with Crippen LogP contribution in [-0.2, 0) is 10.8 Å². The molecule has 0 spiro atoms. The smallest absolute Gasteiger partial charge is 0.0546 e. The molecule has 0 aliphatic heterocycles. The summed E-state index contributed by atoms with van der Waals surface area (Å²) in [6, 6.07) is 60.8. The van der Waals surface area contributed by atoms with Gasteiger partial charge in [-0.25, -0.2) is 0 Å². The molecular formula is C50H39N. The molecule has 1 nitrogen and oxygen atoms in total. The molecule has 0 saturated heterocycles. The van der Waals surface area contributed by atoms with E-state index in [1.165, 1.54) is 81.8 Å². The molecular weight excluding hydrogens is 615 g/mol. The molecule has 0 fully saturated rings. The zero-order chi connectivity index (χ0) is 34.5. The van der Waals surface area contributed by atoms with Gasteiger partial charge in [-0.2, -0.15) is 0 Å². The number of hydrogen-bond donors (Lipinski definition) is 0. The Morgan fingerprint density at radius 3 is 1.59 bits per heavy atom. The Kier molecular flexibility index (Phi) is 6.34. The lowest BCUT2D eigenvalue weighted by molar-refractivity contribution is 0.304. The van der Waals surface area contributed by atoms with Crippen LogP contribution in [0.15, 0.2) is 164 Å². The third-order valence-corrected chi connectivity index (χ3v) is 12.3. The molecule has 0 saturated carbocycles. The van der Waals surface area contributed by atoms with E-state index in [9.17, 15) is 0 Å². The lowest BCUT2D eigenvalue weighted by Gasteiger charge is -2.47. The van der Waals surface area contributed by atoms with Crippen LogP contribution in [0.5, 0.6) is 0 Å². The maximum atomic E-state index is 2.45. The highest BCUT2D eigenvalue weighted by Crippen LogP contribution is 2.55. The highest BCUT2D eigenvalue weighted by Gasteiger charge is 2.45. The van der Waals surface area contributed by atoms with Crippen LogP contribution < -0.4 is 4.90 Å². The zero-order valence-corrected chi connectivity index (χ0v) is 29.5. The number of rotatable bonds is 4. The van der Waals surface area contributed by atoms with Gasteiger partial charge in [0.1, 0.15) is 0 Å². The van der Waals surface area contributed by atoms with Crippen LogP contribution in [0.4, 0.5) is 17.1 Å². The monoisotopic (exact) mass is 653 g/mol. The minimum atomic E-state index is -0.0281. The number of nitrogens with zero attached hydrogens (tertiary/aromatic N) is 1. The first-order chi connectivity index (χ1) is 24.8. The Labute approximate surface area is 299 Å². The van der Waals surface area contributed by atoms with Crippen molar-refractivity contribution in [1.29, 1.82) is 0 Å². The summed E-state index contributed by atoms with van der Waals surface area (Å²) < 4.78 is 0. The van der Waals surface area contributed by atoms with Gasteiger partial charge in [-0.05, 0) is 118 Å². The van der Waals surface area contributed by atoms with E-state index >= 15 is 0 Å². The van der Waals surface area contributed by atoms with Gasteiger partial charge in [-0.3, -0.25) is 0 Å². The van der Waals surface area contributed by atoms with E-state index in [0.29, 0.717) is 0 Å². The summed E-state index contributed by atoms with van der Waals surface area (Å²) in [5, 5.41) is 13.1. The van der Waals surface area contributed by atoms with E-state index in [1.807, 2.05) is 0 Å². The minimum Gasteiger partial charge on any atom is -0.310 e. The summed E-state index contributed by atoms with van der Waals surface area (Å²) in [5.74, 6) is 0. The van der Waals surface area contributed by atoms with Gasteiger partial charge in [0.05, 0.1) is 5.69 Å². The molecule has 244 valence electrons. The number of para-hydroxylation sites is 1. The van der Waals surface area contributed by atoms with E-state index in [1.54, 1.807) is 0 Å². The second kappa shape index (κ2) is 10.8. The molecule has 1 aliphatic rings. The number of benzene rings is 9. The first-order valence-electron chi connectivity index (χ1n) is 18.1. The second-order valence-electron chi connectivity index (χ2n) is 15.3. The molecule has 9 aromatic carbocycles. The van der Waals surface area contributed by atoms with E-state index in [4.69, 9.17) is 0 Å². The van der Waals surface area contributed by atoms with E-state index < -0.39 is 0 Å². The van der Waals surface area contributed by atoms with Crippen molar-refractivity contribution in [3.63, 3.8) is 0 Å². The van der Waals surface area contributed by atoms with Crippen molar-refractivity contribution in [2.24, 2.45) is 0 Å². The fraction of sp³-hybridized carbons (Fsp3) is 0.120. The number of fused-ring (bicyclic) bond motifs is 6. The minimum absolute atomic E-state index is 0.000628. The summed E-state index contributed by atoms with van der Waals surface area (Å²) in [4.78, 5) is 2.45. The standard InChI is InChI=1S/C50H39N/c1-49(2)43-27-13-17-33-31-42(41-25-14-28-44(50(49,3)4)48(41)46(33)43)32-16-12-20-35(30-32)51(34-18-6-5-7-19-34)45-29-15-26-40-38-22-9-8-21-36(38)37-23-10-11-24-39(37)47(40)45/h5-31H,1-4H3. The normalized spacial score (nSPS) is 14.6. The van der Waals surface area contributed by atoms with Gasteiger partial charge >= 0.3 is 0 Å². The molecule has 0 unspecified atom stereocenters. The van der Waals surface area contributed by atoms with Crippen LogP contribution in [0, 0.1) is 0 Å². The van der Waals surface area contributed by atoms with Gasteiger partial charge in [-0.1, -0.05) is 155 Å². The van der Waals surface area contributed by atoms with Crippen LogP contribution >= 0.6 is 0 Å². The van der Waals surface area contributed by atoms with Gasteiger partial charge in [0.2, 0.25) is 0 Å². The van der Waals surface area contributed by atoms with E-state index in [-0.39, 0.29) is 10.8 Å². The molecule has 0 amide bonds. The quantitative estimate of drug-likeness (QED) is 0.171. The fourth-order valence-corrected chi connectivity index (χ4v) is 9.14. The second-order valence-corrected chi connectivity index (χ2v) is 15.3. The molecule has 51 heavy (non-hydrogen) atoms. The van der Waals surface area contributed by atoms with Crippen LogP contribution in [0.1, 0.15) is 38.8 Å². The number of hydrogen-bond acceptors (Lipinski definition) is 1. The highest BCUT2D eigenvalue weighted by atomic mass is 15.1. The summed E-state index contributed by atoms with van der Waals surface area (Å²) in [6.45, 7) is 9.67. The third-order valence-electron chi connectivity index (χ3n) is 12.3. The van der Waals surface area contributed by atoms with Crippen molar-refractivity contribution in [1.82, 2.24) is 0 Å². The van der Waals surface area contributed by atoms with Crippen molar-refractivity contribution < 1.29 is 0 Å². The van der Waals surface area contributed by atoms with Crippen molar-refractivity contribution in [3.05, 3.63) is 175 Å². The average Bonchev–Trinajstić information content (AvgIpc) is 3.17. The molecule has 0 radical (unpaired) electrons. The maximum Gasteiger partial charge on any atom is 0.0546 e. The molecule has 0 heterocycles. The van der Waals surface area contributed by atoms with Gasteiger partial charge in [-0.15, -0.1) is 0 Å². The molecule has 10 rings (SSSR count).